The van der Waals surface area contributed by atoms with E-state index in [2.05, 4.69) is 10.6 Å². The molecule has 1 aromatic heterocycles. The second-order valence-electron chi connectivity index (χ2n) is 4.29. The second kappa shape index (κ2) is 5.44. The summed E-state index contributed by atoms with van der Waals surface area (Å²) in [6.07, 6.45) is 2.72. The van der Waals surface area contributed by atoms with Crippen LogP contribution in [0, 0.1) is 6.92 Å². The SMILES string of the molecule is COC(=O)c1cn(CCCCl)c2cc(C)ccc12. The third-order valence-electron chi connectivity index (χ3n) is 2.98. The summed E-state index contributed by atoms with van der Waals surface area (Å²) in [5, 5.41) is 0.932. The van der Waals surface area contributed by atoms with E-state index >= 15 is 0 Å². The van der Waals surface area contributed by atoms with Crippen LogP contribution in [0.1, 0.15) is 22.3 Å². The Balaban J connectivity index is 2.55. The molecule has 0 saturated carbocycles. The van der Waals surface area contributed by atoms with Crippen molar-refractivity contribution in [2.24, 2.45) is 0 Å². The van der Waals surface area contributed by atoms with Gasteiger partial charge in [0.15, 0.2) is 0 Å². The summed E-state index contributed by atoms with van der Waals surface area (Å²) in [6, 6.07) is 6.05. The summed E-state index contributed by atoms with van der Waals surface area (Å²) in [6.45, 7) is 2.84. The lowest BCUT2D eigenvalue weighted by molar-refractivity contribution is 0.0602. The number of halogens is 1. The Hall–Kier alpha value is -1.48. The van der Waals surface area contributed by atoms with Crippen molar-refractivity contribution < 1.29 is 9.53 Å². The van der Waals surface area contributed by atoms with Crippen molar-refractivity contribution >= 4 is 28.5 Å². The molecule has 0 fully saturated rings. The molecule has 18 heavy (non-hydrogen) atoms. The molecule has 0 N–H and O–H groups in total. The molecule has 0 bridgehead atoms. The molecule has 1 aromatic carbocycles. The quantitative estimate of drug-likeness (QED) is 0.627. The normalized spacial score (nSPS) is 10.8. The highest BCUT2D eigenvalue weighted by Crippen LogP contribution is 2.23. The molecule has 0 unspecified atom stereocenters. The predicted octanol–water partition coefficient (Wildman–Crippen LogP) is 3.37. The van der Waals surface area contributed by atoms with Gasteiger partial charge in [-0.25, -0.2) is 4.79 Å². The number of ether oxygens (including phenoxy) is 1. The first kappa shape index (κ1) is 13.0. The summed E-state index contributed by atoms with van der Waals surface area (Å²) < 4.78 is 6.88. The minimum atomic E-state index is -0.298. The lowest BCUT2D eigenvalue weighted by Gasteiger charge is -2.03. The predicted molar refractivity (Wildman–Crippen MR) is 73.4 cm³/mol. The number of benzene rings is 1. The van der Waals surface area contributed by atoms with Crippen molar-refractivity contribution in [3.63, 3.8) is 0 Å². The van der Waals surface area contributed by atoms with Gasteiger partial charge in [0.05, 0.1) is 12.7 Å². The molecule has 0 atom stereocenters. The van der Waals surface area contributed by atoms with Crippen LogP contribution in [-0.4, -0.2) is 23.5 Å². The molecule has 0 aliphatic heterocycles. The van der Waals surface area contributed by atoms with Gasteiger partial charge in [0.2, 0.25) is 0 Å². The van der Waals surface area contributed by atoms with Gasteiger partial charge in [-0.2, -0.15) is 0 Å². The Labute approximate surface area is 111 Å². The van der Waals surface area contributed by atoms with Gasteiger partial charge < -0.3 is 9.30 Å². The number of aromatic nitrogens is 1. The monoisotopic (exact) mass is 265 g/mol. The molecule has 2 rings (SSSR count). The number of methoxy groups -OCH3 is 1. The number of hydrogen-bond acceptors (Lipinski definition) is 2. The van der Waals surface area contributed by atoms with Crippen molar-refractivity contribution in [2.45, 2.75) is 19.9 Å². The van der Waals surface area contributed by atoms with Crippen molar-refractivity contribution in [3.8, 4) is 0 Å². The number of esters is 1. The summed E-state index contributed by atoms with van der Waals surface area (Å²) >= 11 is 5.73. The first-order valence-electron chi connectivity index (χ1n) is 5.91. The topological polar surface area (TPSA) is 31.2 Å². The zero-order valence-electron chi connectivity index (χ0n) is 10.6. The number of carbonyl (C=O) groups excluding carboxylic acids is 1. The number of fused-ring (bicyclic) bond motifs is 1. The molecule has 1 heterocycles. The molecule has 0 radical (unpaired) electrons. The van der Waals surface area contributed by atoms with E-state index in [4.69, 9.17) is 16.3 Å². The third-order valence-corrected chi connectivity index (χ3v) is 3.24. The molecule has 3 nitrogen and oxygen atoms in total. The number of rotatable bonds is 4. The maximum atomic E-state index is 11.7. The highest BCUT2D eigenvalue weighted by Gasteiger charge is 2.15. The Bertz CT molecular complexity index is 574. The van der Waals surface area contributed by atoms with Crippen LogP contribution in [0.2, 0.25) is 0 Å². The first-order chi connectivity index (χ1) is 8.67. The van der Waals surface area contributed by atoms with E-state index in [1.54, 1.807) is 0 Å². The zero-order valence-corrected chi connectivity index (χ0v) is 11.3. The summed E-state index contributed by atoms with van der Waals surface area (Å²) in [5.74, 6) is 0.312. The summed E-state index contributed by atoms with van der Waals surface area (Å²) in [5.41, 5.74) is 2.84. The minimum absolute atomic E-state index is 0.298. The molecule has 2 aromatic rings. The minimum Gasteiger partial charge on any atom is -0.465 e. The van der Waals surface area contributed by atoms with Gasteiger partial charge in [-0.1, -0.05) is 12.1 Å². The van der Waals surface area contributed by atoms with Crippen molar-refractivity contribution in [3.05, 3.63) is 35.5 Å². The van der Waals surface area contributed by atoms with E-state index in [0.29, 0.717) is 11.4 Å². The fourth-order valence-electron chi connectivity index (χ4n) is 2.09. The van der Waals surface area contributed by atoms with Gasteiger partial charge in [0, 0.05) is 29.5 Å². The number of nitrogens with zero attached hydrogens (tertiary/aromatic N) is 1. The van der Waals surface area contributed by atoms with Crippen molar-refractivity contribution in [2.75, 3.05) is 13.0 Å². The van der Waals surface area contributed by atoms with Crippen molar-refractivity contribution in [1.29, 1.82) is 0 Å². The lowest BCUT2D eigenvalue weighted by Crippen LogP contribution is -2.00. The fourth-order valence-corrected chi connectivity index (χ4v) is 2.21. The second-order valence-corrected chi connectivity index (χ2v) is 4.67. The van der Waals surface area contributed by atoms with Gasteiger partial charge in [-0.05, 0) is 25.0 Å². The summed E-state index contributed by atoms with van der Waals surface area (Å²) in [4.78, 5) is 11.7. The van der Waals surface area contributed by atoms with E-state index in [1.165, 1.54) is 12.7 Å². The molecule has 0 aliphatic carbocycles. The van der Waals surface area contributed by atoms with Gasteiger partial charge in [0.1, 0.15) is 0 Å². The standard InChI is InChI=1S/C14H16ClNO2/c1-10-4-5-11-12(14(17)18-2)9-16(7-3-6-15)13(11)8-10/h4-5,8-9H,3,6-7H2,1-2H3. The largest absolute Gasteiger partial charge is 0.465 e. The Kier molecular flexibility index (Phi) is 3.92. The Morgan fingerprint density at radius 1 is 1.44 bits per heavy atom. The van der Waals surface area contributed by atoms with E-state index in [-0.39, 0.29) is 5.97 Å². The van der Waals surface area contributed by atoms with Gasteiger partial charge in [-0.15, -0.1) is 11.6 Å². The molecular weight excluding hydrogens is 250 g/mol. The Morgan fingerprint density at radius 3 is 2.89 bits per heavy atom. The molecular formula is C14H16ClNO2. The fraction of sp³-hybridized carbons (Fsp3) is 0.357. The molecule has 0 saturated heterocycles. The van der Waals surface area contributed by atoms with E-state index in [1.807, 2.05) is 25.3 Å². The van der Waals surface area contributed by atoms with E-state index < -0.39 is 0 Å². The molecule has 0 amide bonds. The van der Waals surface area contributed by atoms with Crippen LogP contribution in [-0.2, 0) is 11.3 Å². The number of alkyl halides is 1. The number of aryl methyl sites for hydroxylation is 2. The highest BCUT2D eigenvalue weighted by atomic mass is 35.5. The smallest absolute Gasteiger partial charge is 0.340 e. The van der Waals surface area contributed by atoms with Crippen LogP contribution >= 0.6 is 11.6 Å². The third kappa shape index (κ3) is 2.36. The maximum absolute atomic E-state index is 11.7. The zero-order chi connectivity index (χ0) is 13.1. The van der Waals surface area contributed by atoms with Gasteiger partial charge in [0.25, 0.3) is 0 Å². The van der Waals surface area contributed by atoms with Crippen LogP contribution in [0.4, 0.5) is 0 Å². The van der Waals surface area contributed by atoms with Gasteiger partial charge >= 0.3 is 5.97 Å². The van der Waals surface area contributed by atoms with Crippen LogP contribution in [0.3, 0.4) is 0 Å². The Morgan fingerprint density at radius 2 is 2.22 bits per heavy atom. The molecule has 0 spiro atoms. The first-order valence-corrected chi connectivity index (χ1v) is 6.44. The summed E-state index contributed by atoms with van der Waals surface area (Å²) in [7, 11) is 1.40. The molecule has 96 valence electrons. The maximum Gasteiger partial charge on any atom is 0.340 e. The van der Waals surface area contributed by atoms with E-state index in [0.717, 1.165) is 23.9 Å². The van der Waals surface area contributed by atoms with Crippen LogP contribution < -0.4 is 0 Å². The highest BCUT2D eigenvalue weighted by molar-refractivity contribution is 6.17. The molecule has 4 heteroatoms. The van der Waals surface area contributed by atoms with Crippen LogP contribution in [0.25, 0.3) is 10.9 Å². The van der Waals surface area contributed by atoms with Crippen molar-refractivity contribution in [1.82, 2.24) is 4.57 Å². The number of carbonyl (C=O) groups is 1. The lowest BCUT2D eigenvalue weighted by atomic mass is 10.1. The number of hydrogen-bond donors (Lipinski definition) is 0. The molecule has 0 aliphatic rings. The van der Waals surface area contributed by atoms with Crippen LogP contribution in [0.5, 0.6) is 0 Å². The average Bonchev–Trinajstić information content (AvgIpc) is 2.73. The van der Waals surface area contributed by atoms with E-state index in [9.17, 15) is 4.79 Å². The van der Waals surface area contributed by atoms with Crippen LogP contribution in [0.15, 0.2) is 24.4 Å². The average molecular weight is 266 g/mol. The van der Waals surface area contributed by atoms with Gasteiger partial charge in [-0.3, -0.25) is 0 Å².